The van der Waals surface area contributed by atoms with Crippen molar-refractivity contribution >= 4 is 11.3 Å². The summed E-state index contributed by atoms with van der Waals surface area (Å²) in [6.45, 7) is 13.4. The van der Waals surface area contributed by atoms with E-state index in [1.54, 1.807) is 11.3 Å². The number of thiazole rings is 1. The summed E-state index contributed by atoms with van der Waals surface area (Å²) in [6.07, 6.45) is 0.855. The molecular formula is C14H26N2OS. The van der Waals surface area contributed by atoms with Gasteiger partial charge in [0.2, 0.25) is 0 Å². The summed E-state index contributed by atoms with van der Waals surface area (Å²) in [5.74, 6) is 0. The molecule has 104 valence electrons. The molecule has 0 saturated heterocycles. The van der Waals surface area contributed by atoms with Gasteiger partial charge in [0.15, 0.2) is 0 Å². The Morgan fingerprint density at radius 3 is 2.33 bits per heavy atom. The molecule has 18 heavy (non-hydrogen) atoms. The molecule has 1 heterocycles. The highest BCUT2D eigenvalue weighted by Gasteiger charge is 2.31. The summed E-state index contributed by atoms with van der Waals surface area (Å²) < 4.78 is 5.83. The van der Waals surface area contributed by atoms with Crippen LogP contribution >= 0.6 is 11.3 Å². The van der Waals surface area contributed by atoms with E-state index in [1.807, 2.05) is 13.8 Å². The van der Waals surface area contributed by atoms with Crippen LogP contribution in [0.2, 0.25) is 0 Å². The molecule has 0 amide bonds. The lowest BCUT2D eigenvalue weighted by molar-refractivity contribution is -0.0274. The Labute approximate surface area is 115 Å². The van der Waals surface area contributed by atoms with E-state index in [9.17, 15) is 0 Å². The fourth-order valence-corrected chi connectivity index (χ4v) is 3.14. The first-order valence-corrected chi connectivity index (χ1v) is 7.37. The minimum Gasteiger partial charge on any atom is -0.376 e. The fourth-order valence-electron chi connectivity index (χ4n) is 2.13. The van der Waals surface area contributed by atoms with E-state index in [0.717, 1.165) is 17.1 Å². The standard InChI is InChI=1S/C14H26N2OS/c1-7-17-13(14(4,5)6)11(15)8-12-16-9(2)10(3)18-12/h11,13H,7-8,15H2,1-6H3. The van der Waals surface area contributed by atoms with E-state index < -0.39 is 0 Å². The number of nitrogens with two attached hydrogens (primary N) is 1. The zero-order valence-electron chi connectivity index (χ0n) is 12.4. The highest BCUT2D eigenvalue weighted by atomic mass is 32.1. The van der Waals surface area contributed by atoms with Crippen molar-refractivity contribution in [1.82, 2.24) is 4.98 Å². The maximum atomic E-state index is 6.32. The summed E-state index contributed by atoms with van der Waals surface area (Å²) >= 11 is 1.74. The first-order valence-electron chi connectivity index (χ1n) is 6.55. The highest BCUT2D eigenvalue weighted by Crippen LogP contribution is 2.27. The van der Waals surface area contributed by atoms with Crippen molar-refractivity contribution < 1.29 is 4.74 Å². The van der Waals surface area contributed by atoms with Gasteiger partial charge in [-0.2, -0.15) is 0 Å². The van der Waals surface area contributed by atoms with Crippen molar-refractivity contribution in [3.8, 4) is 0 Å². The van der Waals surface area contributed by atoms with Crippen molar-refractivity contribution in [1.29, 1.82) is 0 Å². The molecule has 0 fully saturated rings. The SMILES string of the molecule is CCOC(C(N)Cc1nc(C)c(C)s1)C(C)(C)C. The molecule has 4 heteroatoms. The van der Waals surface area contributed by atoms with E-state index in [2.05, 4.69) is 32.7 Å². The fraction of sp³-hybridized carbons (Fsp3) is 0.786. The van der Waals surface area contributed by atoms with Gasteiger partial charge in [0.25, 0.3) is 0 Å². The van der Waals surface area contributed by atoms with Gasteiger partial charge in [-0.25, -0.2) is 4.98 Å². The zero-order valence-corrected chi connectivity index (χ0v) is 13.2. The Morgan fingerprint density at radius 2 is 1.94 bits per heavy atom. The molecular weight excluding hydrogens is 244 g/mol. The van der Waals surface area contributed by atoms with Crippen LogP contribution in [0.25, 0.3) is 0 Å². The predicted octanol–water partition coefficient (Wildman–Crippen LogP) is 3.08. The largest absolute Gasteiger partial charge is 0.376 e. The molecule has 2 unspecified atom stereocenters. The van der Waals surface area contributed by atoms with Gasteiger partial charge in [0.1, 0.15) is 0 Å². The molecule has 1 aromatic rings. The minimum atomic E-state index is -0.00472. The molecule has 0 saturated carbocycles. The molecule has 3 nitrogen and oxygen atoms in total. The molecule has 2 atom stereocenters. The van der Waals surface area contributed by atoms with Crippen LogP contribution in [0.1, 0.15) is 43.3 Å². The Morgan fingerprint density at radius 1 is 1.33 bits per heavy atom. The van der Waals surface area contributed by atoms with Crippen molar-refractivity contribution in [2.75, 3.05) is 6.61 Å². The van der Waals surface area contributed by atoms with E-state index in [0.29, 0.717) is 6.61 Å². The van der Waals surface area contributed by atoms with Gasteiger partial charge in [0, 0.05) is 23.9 Å². The topological polar surface area (TPSA) is 48.1 Å². The average molecular weight is 270 g/mol. The lowest BCUT2D eigenvalue weighted by Gasteiger charge is -2.34. The lowest BCUT2D eigenvalue weighted by Crippen LogP contribution is -2.46. The Hall–Kier alpha value is -0.450. The van der Waals surface area contributed by atoms with Crippen LogP contribution in [-0.4, -0.2) is 23.7 Å². The number of ether oxygens (including phenoxy) is 1. The van der Waals surface area contributed by atoms with Gasteiger partial charge in [-0.05, 0) is 26.2 Å². The maximum Gasteiger partial charge on any atom is 0.0947 e. The van der Waals surface area contributed by atoms with Gasteiger partial charge >= 0.3 is 0 Å². The van der Waals surface area contributed by atoms with Crippen LogP contribution in [0.4, 0.5) is 0 Å². The summed E-state index contributed by atoms with van der Waals surface area (Å²) in [4.78, 5) is 5.84. The number of hydrogen-bond donors (Lipinski definition) is 1. The molecule has 1 rings (SSSR count). The van der Waals surface area contributed by atoms with Crippen molar-refractivity contribution in [3.05, 3.63) is 15.6 Å². The molecule has 0 spiro atoms. The number of nitrogens with zero attached hydrogens (tertiary/aromatic N) is 1. The first kappa shape index (κ1) is 15.6. The van der Waals surface area contributed by atoms with E-state index in [4.69, 9.17) is 10.5 Å². The third-order valence-electron chi connectivity index (χ3n) is 3.07. The molecule has 2 N–H and O–H groups in total. The molecule has 0 aliphatic rings. The van der Waals surface area contributed by atoms with E-state index in [1.165, 1.54) is 4.88 Å². The van der Waals surface area contributed by atoms with Gasteiger partial charge in [0.05, 0.1) is 16.8 Å². The van der Waals surface area contributed by atoms with Crippen molar-refractivity contribution in [3.63, 3.8) is 0 Å². The maximum absolute atomic E-state index is 6.32. The quantitative estimate of drug-likeness (QED) is 0.894. The molecule has 0 bridgehead atoms. The van der Waals surface area contributed by atoms with Crippen LogP contribution < -0.4 is 5.73 Å². The van der Waals surface area contributed by atoms with Crippen LogP contribution in [0.3, 0.4) is 0 Å². The molecule has 0 aliphatic heterocycles. The van der Waals surface area contributed by atoms with Crippen molar-refractivity contribution in [2.24, 2.45) is 11.1 Å². The van der Waals surface area contributed by atoms with Gasteiger partial charge in [-0.3, -0.25) is 0 Å². The van der Waals surface area contributed by atoms with Crippen LogP contribution in [-0.2, 0) is 11.2 Å². The predicted molar refractivity (Wildman–Crippen MR) is 78.1 cm³/mol. The van der Waals surface area contributed by atoms with E-state index in [-0.39, 0.29) is 17.6 Å². The first-order chi connectivity index (χ1) is 8.25. The average Bonchev–Trinajstić information content (AvgIpc) is 2.52. The Balaban J connectivity index is 2.75. The summed E-state index contributed by atoms with van der Waals surface area (Å²) in [6, 6.07) is -0.00472. The van der Waals surface area contributed by atoms with E-state index >= 15 is 0 Å². The second-order valence-electron chi connectivity index (χ2n) is 5.86. The Kier molecular flexibility index (Phi) is 5.32. The van der Waals surface area contributed by atoms with Crippen LogP contribution in [0.15, 0.2) is 0 Å². The van der Waals surface area contributed by atoms with Crippen molar-refractivity contribution in [2.45, 2.75) is 60.1 Å². The third-order valence-corrected chi connectivity index (χ3v) is 4.17. The number of aryl methyl sites for hydroxylation is 2. The normalized spacial score (nSPS) is 15.7. The van der Waals surface area contributed by atoms with Crippen LogP contribution in [0.5, 0.6) is 0 Å². The molecule has 1 aromatic heterocycles. The number of rotatable bonds is 5. The second-order valence-corrected chi connectivity index (χ2v) is 7.15. The number of hydrogen-bond acceptors (Lipinski definition) is 4. The number of aromatic nitrogens is 1. The van der Waals surface area contributed by atoms with Gasteiger partial charge < -0.3 is 10.5 Å². The Bertz CT molecular complexity index is 362. The molecule has 0 aromatic carbocycles. The third kappa shape index (κ3) is 4.04. The summed E-state index contributed by atoms with van der Waals surface area (Å²) in [5, 5.41) is 1.12. The van der Waals surface area contributed by atoms with Crippen LogP contribution in [0, 0.1) is 19.3 Å². The summed E-state index contributed by atoms with van der Waals surface area (Å²) in [7, 11) is 0. The monoisotopic (exact) mass is 270 g/mol. The lowest BCUT2D eigenvalue weighted by atomic mass is 9.84. The highest BCUT2D eigenvalue weighted by molar-refractivity contribution is 7.11. The van der Waals surface area contributed by atoms with Gasteiger partial charge in [-0.15, -0.1) is 11.3 Å². The van der Waals surface area contributed by atoms with Gasteiger partial charge in [-0.1, -0.05) is 20.8 Å². The second kappa shape index (κ2) is 6.13. The molecule has 0 radical (unpaired) electrons. The smallest absolute Gasteiger partial charge is 0.0947 e. The molecule has 0 aliphatic carbocycles. The zero-order chi connectivity index (χ0) is 13.9. The summed E-state index contributed by atoms with van der Waals surface area (Å²) in [5.41, 5.74) is 7.49. The minimum absolute atomic E-state index is 0.00472.